The summed E-state index contributed by atoms with van der Waals surface area (Å²) in [7, 11) is 1.72. The van der Waals surface area contributed by atoms with Gasteiger partial charge in [0.2, 0.25) is 0 Å². The molecule has 0 bridgehead atoms. The van der Waals surface area contributed by atoms with Gasteiger partial charge in [0.25, 0.3) is 0 Å². The van der Waals surface area contributed by atoms with Gasteiger partial charge in [-0.2, -0.15) is 0 Å². The van der Waals surface area contributed by atoms with Crippen molar-refractivity contribution in [2.45, 2.75) is 141 Å². The summed E-state index contributed by atoms with van der Waals surface area (Å²) < 4.78 is 29.0. The zero-order valence-corrected chi connectivity index (χ0v) is 34.1. The maximum Gasteiger partial charge on any atom is 0.309 e. The van der Waals surface area contributed by atoms with Crippen LogP contribution in [0.1, 0.15) is 86.1 Å². The zero-order chi connectivity index (χ0) is 40.3. The minimum absolute atomic E-state index is 0.0277. The highest BCUT2D eigenvalue weighted by Gasteiger charge is 2.54. The van der Waals surface area contributed by atoms with Crippen molar-refractivity contribution in [3.8, 4) is 0 Å². The number of epoxide rings is 1. The Morgan fingerprint density at radius 3 is 2.56 bits per heavy atom. The summed E-state index contributed by atoms with van der Waals surface area (Å²) >= 11 is 0. The third-order valence-corrected chi connectivity index (χ3v) is 11.2. The molecule has 9 unspecified atom stereocenters. The van der Waals surface area contributed by atoms with Crippen molar-refractivity contribution in [3.63, 3.8) is 0 Å². The third kappa shape index (κ3) is 13.0. The van der Waals surface area contributed by atoms with E-state index in [0.717, 1.165) is 50.4 Å². The maximum atomic E-state index is 13.0. The Kier molecular flexibility index (Phi) is 16.5. The van der Waals surface area contributed by atoms with E-state index in [0.29, 0.717) is 12.1 Å². The second kappa shape index (κ2) is 20.4. The second-order valence-corrected chi connectivity index (χ2v) is 16.0. The van der Waals surface area contributed by atoms with Gasteiger partial charge in [-0.1, -0.05) is 57.2 Å². The monoisotopic (exact) mass is 770 g/mol. The number of hydrogen-bond acceptors (Lipinski definition) is 12. The molecular weight excluding hydrogens is 704 g/mol. The number of hydrogen-bond donors (Lipinski definition) is 4. The van der Waals surface area contributed by atoms with Crippen LogP contribution in [0.5, 0.6) is 0 Å². The van der Waals surface area contributed by atoms with Gasteiger partial charge in [-0.15, -0.1) is 0 Å². The number of allylic oxidation sites excluding steroid dienone is 2. The number of benzene rings is 1. The first-order valence-electron chi connectivity index (χ1n) is 19.9. The Morgan fingerprint density at radius 1 is 1.16 bits per heavy atom. The van der Waals surface area contributed by atoms with Crippen LogP contribution in [0.25, 0.3) is 0 Å². The van der Waals surface area contributed by atoms with E-state index in [1.165, 1.54) is 6.92 Å². The Bertz CT molecular complexity index is 1460. The van der Waals surface area contributed by atoms with Gasteiger partial charge in [-0.05, 0) is 75.8 Å². The SMILES string of the molecule is CCC(OC)[C@@H](C)C1OC1C(NCc1ccc(N2CCCOCC2)cc1)C(C)(O)/C=C/C=C(\C)[C@H]1OC(=O)CC(O)CCC(C)(O)C(OC(C)=O)/C=C/C1C. The molecule has 0 radical (unpaired) electrons. The largest absolute Gasteiger partial charge is 0.457 e. The average molecular weight is 771 g/mol. The van der Waals surface area contributed by atoms with Crippen molar-refractivity contribution < 1.29 is 48.6 Å². The fourth-order valence-electron chi connectivity index (χ4n) is 7.73. The molecule has 3 aliphatic heterocycles. The molecular formula is C43H66N2O10. The van der Waals surface area contributed by atoms with Crippen LogP contribution in [-0.4, -0.2) is 115 Å². The van der Waals surface area contributed by atoms with Crippen molar-refractivity contribution in [2.24, 2.45) is 11.8 Å². The summed E-state index contributed by atoms with van der Waals surface area (Å²) in [6.07, 6.45) is 7.43. The summed E-state index contributed by atoms with van der Waals surface area (Å²) in [4.78, 5) is 27.2. The maximum absolute atomic E-state index is 13.0. The molecule has 3 aliphatic rings. The summed E-state index contributed by atoms with van der Waals surface area (Å²) in [6, 6.07) is 8.04. The van der Waals surface area contributed by atoms with E-state index in [1.807, 2.05) is 13.8 Å². The lowest BCUT2D eigenvalue weighted by atomic mass is 9.87. The number of carbonyl (C=O) groups excluding carboxylic acids is 2. The lowest BCUT2D eigenvalue weighted by Gasteiger charge is -2.32. The van der Waals surface area contributed by atoms with Crippen LogP contribution in [0, 0.1) is 11.8 Å². The number of aliphatic hydroxyl groups excluding tert-OH is 1. The van der Waals surface area contributed by atoms with Gasteiger partial charge in [0, 0.05) is 57.8 Å². The van der Waals surface area contributed by atoms with Gasteiger partial charge >= 0.3 is 11.9 Å². The number of carbonyl (C=O) groups is 2. The van der Waals surface area contributed by atoms with Crippen LogP contribution in [0.3, 0.4) is 0 Å². The van der Waals surface area contributed by atoms with Crippen molar-refractivity contribution in [3.05, 3.63) is 65.8 Å². The predicted octanol–water partition coefficient (Wildman–Crippen LogP) is 4.79. The molecule has 2 saturated heterocycles. The third-order valence-electron chi connectivity index (χ3n) is 11.2. The Labute approximate surface area is 327 Å². The van der Waals surface area contributed by atoms with E-state index in [4.69, 9.17) is 23.7 Å². The molecule has 12 nitrogen and oxygen atoms in total. The van der Waals surface area contributed by atoms with Gasteiger partial charge in [-0.3, -0.25) is 9.59 Å². The molecule has 4 rings (SSSR count). The first kappa shape index (κ1) is 44.6. The molecule has 0 aromatic heterocycles. The molecule has 0 saturated carbocycles. The number of cyclic esters (lactones) is 1. The van der Waals surface area contributed by atoms with Crippen LogP contribution in [0.2, 0.25) is 0 Å². The molecule has 55 heavy (non-hydrogen) atoms. The molecule has 4 N–H and O–H groups in total. The number of aliphatic hydroxyl groups is 3. The van der Waals surface area contributed by atoms with E-state index in [-0.39, 0.29) is 49.4 Å². The van der Waals surface area contributed by atoms with E-state index in [9.17, 15) is 24.9 Å². The summed E-state index contributed by atoms with van der Waals surface area (Å²) in [5, 5.41) is 37.4. The molecule has 3 heterocycles. The molecule has 11 atom stereocenters. The second-order valence-electron chi connectivity index (χ2n) is 16.0. The molecule has 1 aromatic rings. The van der Waals surface area contributed by atoms with Gasteiger partial charge < -0.3 is 49.2 Å². The smallest absolute Gasteiger partial charge is 0.309 e. The van der Waals surface area contributed by atoms with Crippen molar-refractivity contribution >= 4 is 17.6 Å². The highest BCUT2D eigenvalue weighted by Crippen LogP contribution is 2.39. The summed E-state index contributed by atoms with van der Waals surface area (Å²) in [6.45, 7) is 16.3. The average Bonchev–Trinajstić information content (AvgIpc) is 3.96. The Balaban J connectivity index is 1.55. The van der Waals surface area contributed by atoms with Crippen molar-refractivity contribution in [2.75, 3.05) is 38.3 Å². The molecule has 0 amide bonds. The predicted molar refractivity (Wildman–Crippen MR) is 211 cm³/mol. The number of ether oxygens (including phenoxy) is 5. The van der Waals surface area contributed by atoms with E-state index >= 15 is 0 Å². The summed E-state index contributed by atoms with van der Waals surface area (Å²) in [5.41, 5.74) is 0.133. The van der Waals surface area contributed by atoms with Crippen LogP contribution in [0.15, 0.2) is 60.2 Å². The standard InChI is InChI=1S/C43H66N2O10/c1-9-35(51-8)30(4)39-40(55-39)41(44-27-32-14-16-33(17-15-32)45-22-11-24-52-25-23-45)43(7,50)20-10-12-28(2)38-29(3)13-18-36(53-31(5)46)42(6,49)21-19-34(47)26-37(48)54-38/h10,12-18,20,29-30,34-36,38-41,44,47,49-50H,9,11,19,21-27H2,1-8H3/b18-13+,20-10+,28-12+/t29?,30-,34?,35?,36?,38-,39?,40?,41?,42?,43?/m1/s1. The lowest BCUT2D eigenvalue weighted by molar-refractivity contribution is -0.157. The van der Waals surface area contributed by atoms with Crippen molar-refractivity contribution in [1.82, 2.24) is 5.32 Å². The Morgan fingerprint density at radius 2 is 1.89 bits per heavy atom. The molecule has 1 aromatic carbocycles. The zero-order valence-electron chi connectivity index (χ0n) is 34.1. The van der Waals surface area contributed by atoms with E-state index < -0.39 is 47.5 Å². The number of rotatable bonds is 14. The highest BCUT2D eigenvalue weighted by molar-refractivity contribution is 5.70. The fraction of sp³-hybridized carbons (Fsp3) is 0.674. The Hall–Kier alpha value is -3.10. The number of nitrogens with zero attached hydrogens (tertiary/aromatic N) is 1. The first-order valence-corrected chi connectivity index (χ1v) is 19.9. The highest BCUT2D eigenvalue weighted by atomic mass is 16.6. The van der Waals surface area contributed by atoms with Crippen LogP contribution >= 0.6 is 0 Å². The topological polar surface area (TPSA) is 160 Å². The quantitative estimate of drug-likeness (QED) is 0.0889. The normalized spacial score (nSPS) is 31.9. The van der Waals surface area contributed by atoms with Crippen LogP contribution < -0.4 is 10.2 Å². The van der Waals surface area contributed by atoms with E-state index in [1.54, 1.807) is 51.3 Å². The van der Waals surface area contributed by atoms with Gasteiger partial charge in [0.05, 0.1) is 43.0 Å². The van der Waals surface area contributed by atoms with Crippen LogP contribution in [-0.2, 0) is 39.8 Å². The minimum atomic E-state index is -1.46. The van der Waals surface area contributed by atoms with Crippen molar-refractivity contribution in [1.29, 1.82) is 0 Å². The number of esters is 2. The summed E-state index contributed by atoms with van der Waals surface area (Å²) in [5.74, 6) is -1.38. The van der Waals surface area contributed by atoms with Crippen LogP contribution in [0.4, 0.5) is 5.69 Å². The number of anilines is 1. The van der Waals surface area contributed by atoms with Gasteiger partial charge in [0.1, 0.15) is 23.9 Å². The molecule has 0 aliphatic carbocycles. The van der Waals surface area contributed by atoms with Gasteiger partial charge in [0.15, 0.2) is 0 Å². The molecule has 308 valence electrons. The molecule has 2 fully saturated rings. The molecule has 0 spiro atoms. The fourth-order valence-corrected chi connectivity index (χ4v) is 7.73. The first-order chi connectivity index (χ1) is 26.1. The lowest BCUT2D eigenvalue weighted by Crippen LogP contribution is -2.52. The molecule has 12 heteroatoms. The van der Waals surface area contributed by atoms with Gasteiger partial charge in [-0.25, -0.2) is 0 Å². The number of methoxy groups -OCH3 is 1. The number of nitrogens with one attached hydrogen (secondary N) is 1. The minimum Gasteiger partial charge on any atom is -0.457 e. The van der Waals surface area contributed by atoms with E-state index in [2.05, 4.69) is 48.3 Å².